The Hall–Kier alpha value is -0.760. The lowest BCUT2D eigenvalue weighted by Crippen LogP contribution is -2.16. The Morgan fingerprint density at radius 3 is 2.40 bits per heavy atom. The fraction of sp³-hybridized carbons (Fsp3) is 0.800. The van der Waals surface area contributed by atoms with Crippen LogP contribution in [0.3, 0.4) is 0 Å². The summed E-state index contributed by atoms with van der Waals surface area (Å²) in [5, 5.41) is 7.88. The normalized spacial score (nSPS) is 13.1. The molecule has 0 radical (unpaired) electrons. The molecule has 0 aliphatic rings. The maximum absolute atomic E-state index is 11.8. The van der Waals surface area contributed by atoms with Gasteiger partial charge in [0.15, 0.2) is 0 Å². The van der Waals surface area contributed by atoms with Gasteiger partial charge in [-0.25, -0.2) is 13.2 Å². The average molecular weight is 153 g/mol. The second-order valence-corrected chi connectivity index (χ2v) is 1.46. The largest absolute Gasteiger partial charge is 0.343 e. The average Bonchev–Trinajstić information content (AvgIpc) is 1.88. The van der Waals surface area contributed by atoms with Gasteiger partial charge in [0.2, 0.25) is 0 Å². The molecule has 0 saturated carbocycles. The van der Waals surface area contributed by atoms with Crippen molar-refractivity contribution < 1.29 is 17.9 Å². The van der Waals surface area contributed by atoms with Crippen molar-refractivity contribution in [3.05, 3.63) is 0 Å². The summed E-state index contributed by atoms with van der Waals surface area (Å²) in [7, 11) is 0. The molecule has 0 aromatic rings. The van der Waals surface area contributed by atoms with Crippen molar-refractivity contribution in [2.75, 3.05) is 6.61 Å². The van der Waals surface area contributed by atoms with Gasteiger partial charge in [-0.2, -0.15) is 5.26 Å². The van der Waals surface area contributed by atoms with Gasteiger partial charge in [-0.05, 0) is 0 Å². The Morgan fingerprint density at radius 2 is 2.00 bits per heavy atom. The van der Waals surface area contributed by atoms with E-state index in [1.54, 1.807) is 6.07 Å². The molecule has 1 unspecified atom stereocenters. The van der Waals surface area contributed by atoms with E-state index in [9.17, 15) is 13.2 Å². The first-order valence-electron chi connectivity index (χ1n) is 2.59. The first-order valence-corrected chi connectivity index (χ1v) is 2.59. The molecule has 58 valence electrons. The molecular formula is C5H6F3NO. The number of ether oxygens (including phenoxy) is 1. The van der Waals surface area contributed by atoms with E-state index in [1.165, 1.54) is 0 Å². The van der Waals surface area contributed by atoms with Crippen LogP contribution in [0.2, 0.25) is 0 Å². The maximum atomic E-state index is 11.8. The molecule has 0 aromatic carbocycles. The zero-order chi connectivity index (χ0) is 7.98. The lowest BCUT2D eigenvalue weighted by molar-refractivity contribution is -0.126. The van der Waals surface area contributed by atoms with Crippen LogP contribution < -0.4 is 0 Å². The number of hydrogen-bond acceptors (Lipinski definition) is 2. The van der Waals surface area contributed by atoms with Crippen LogP contribution in [0.15, 0.2) is 0 Å². The fourth-order valence-corrected chi connectivity index (χ4v) is 0.290. The molecule has 0 bridgehead atoms. The molecule has 0 N–H and O–H groups in total. The summed E-state index contributed by atoms with van der Waals surface area (Å²) >= 11 is 0. The number of alkyl halides is 3. The van der Waals surface area contributed by atoms with E-state index < -0.39 is 12.8 Å². The summed E-state index contributed by atoms with van der Waals surface area (Å²) in [5.41, 5.74) is 0. The lowest BCUT2D eigenvalue weighted by Gasteiger charge is -2.05. The monoisotopic (exact) mass is 153 g/mol. The van der Waals surface area contributed by atoms with Gasteiger partial charge >= 0.3 is 0 Å². The molecule has 0 aliphatic carbocycles. The predicted octanol–water partition coefficient (Wildman–Crippen LogP) is 1.48. The van der Waals surface area contributed by atoms with E-state index in [1.807, 2.05) is 0 Å². The SMILES string of the molecule is N#CCCOC(F)C(F)F. The molecule has 0 spiro atoms. The number of halogens is 3. The van der Waals surface area contributed by atoms with Crippen molar-refractivity contribution in [1.82, 2.24) is 0 Å². The minimum absolute atomic E-state index is 0.0763. The standard InChI is InChI=1S/C5H6F3NO/c6-4(7)5(8)10-3-1-2-9/h4-5H,1,3H2. The van der Waals surface area contributed by atoms with E-state index in [2.05, 4.69) is 4.74 Å². The molecule has 0 fully saturated rings. The van der Waals surface area contributed by atoms with Crippen LogP contribution in [-0.4, -0.2) is 19.4 Å². The molecular weight excluding hydrogens is 147 g/mol. The highest BCUT2D eigenvalue weighted by atomic mass is 19.3. The minimum Gasteiger partial charge on any atom is -0.343 e. The van der Waals surface area contributed by atoms with Gasteiger partial charge in [-0.1, -0.05) is 0 Å². The molecule has 0 amide bonds. The second kappa shape index (κ2) is 5.06. The Morgan fingerprint density at radius 1 is 1.40 bits per heavy atom. The topological polar surface area (TPSA) is 33.0 Å². The summed E-state index contributed by atoms with van der Waals surface area (Å²) in [6.45, 7) is -0.290. The van der Waals surface area contributed by atoms with Gasteiger partial charge in [-0.3, -0.25) is 0 Å². The molecule has 0 saturated heterocycles. The van der Waals surface area contributed by atoms with Crippen molar-refractivity contribution in [2.45, 2.75) is 19.2 Å². The molecule has 0 aliphatic heterocycles. The van der Waals surface area contributed by atoms with Crippen molar-refractivity contribution in [3.63, 3.8) is 0 Å². The highest BCUT2D eigenvalue weighted by Gasteiger charge is 2.18. The smallest absolute Gasteiger partial charge is 0.293 e. The minimum atomic E-state index is -3.13. The third kappa shape index (κ3) is 4.15. The third-order valence-corrected chi connectivity index (χ3v) is 0.689. The van der Waals surface area contributed by atoms with E-state index in [0.717, 1.165) is 0 Å². The summed E-state index contributed by atoms with van der Waals surface area (Å²) in [4.78, 5) is 0. The van der Waals surface area contributed by atoms with Gasteiger partial charge in [0.05, 0.1) is 19.1 Å². The zero-order valence-corrected chi connectivity index (χ0v) is 5.06. The number of rotatable bonds is 4. The van der Waals surface area contributed by atoms with Gasteiger partial charge in [0.1, 0.15) is 0 Å². The molecule has 0 rings (SSSR count). The fourth-order valence-electron chi connectivity index (χ4n) is 0.290. The van der Waals surface area contributed by atoms with Crippen molar-refractivity contribution in [1.29, 1.82) is 5.26 Å². The van der Waals surface area contributed by atoms with Crippen LogP contribution >= 0.6 is 0 Å². The van der Waals surface area contributed by atoms with Gasteiger partial charge in [0, 0.05) is 0 Å². The quantitative estimate of drug-likeness (QED) is 0.573. The Balaban J connectivity index is 3.23. The van der Waals surface area contributed by atoms with Gasteiger partial charge in [0.25, 0.3) is 12.8 Å². The zero-order valence-electron chi connectivity index (χ0n) is 5.06. The molecule has 5 heteroatoms. The van der Waals surface area contributed by atoms with E-state index in [-0.39, 0.29) is 13.0 Å². The number of hydrogen-bond donors (Lipinski definition) is 0. The Labute approximate surface area is 56.2 Å². The predicted molar refractivity (Wildman–Crippen MR) is 27.1 cm³/mol. The van der Waals surface area contributed by atoms with Crippen LogP contribution in [0.25, 0.3) is 0 Å². The summed E-state index contributed by atoms with van der Waals surface area (Å²) < 4.78 is 38.2. The van der Waals surface area contributed by atoms with Crippen molar-refractivity contribution in [3.8, 4) is 6.07 Å². The molecule has 2 nitrogen and oxygen atoms in total. The molecule has 1 atom stereocenters. The van der Waals surface area contributed by atoms with Crippen molar-refractivity contribution in [2.24, 2.45) is 0 Å². The second-order valence-electron chi connectivity index (χ2n) is 1.46. The highest BCUT2D eigenvalue weighted by Crippen LogP contribution is 2.06. The van der Waals surface area contributed by atoms with Crippen LogP contribution in [0, 0.1) is 11.3 Å². The lowest BCUT2D eigenvalue weighted by atomic mass is 10.5. The van der Waals surface area contributed by atoms with Gasteiger partial charge < -0.3 is 4.74 Å². The summed E-state index contributed by atoms with van der Waals surface area (Å²) in [5.74, 6) is 0. The number of nitrogens with zero attached hydrogens (tertiary/aromatic N) is 1. The molecule has 10 heavy (non-hydrogen) atoms. The van der Waals surface area contributed by atoms with Crippen LogP contribution in [-0.2, 0) is 4.74 Å². The Kier molecular flexibility index (Phi) is 4.67. The van der Waals surface area contributed by atoms with Crippen molar-refractivity contribution >= 4 is 0 Å². The highest BCUT2D eigenvalue weighted by molar-refractivity contribution is 4.67. The molecule has 0 aromatic heterocycles. The first kappa shape index (κ1) is 9.24. The Bertz CT molecular complexity index is 123. The van der Waals surface area contributed by atoms with Crippen LogP contribution in [0.5, 0.6) is 0 Å². The van der Waals surface area contributed by atoms with E-state index in [4.69, 9.17) is 5.26 Å². The first-order chi connectivity index (χ1) is 4.68. The van der Waals surface area contributed by atoms with Gasteiger partial charge in [-0.15, -0.1) is 0 Å². The number of nitriles is 1. The third-order valence-electron chi connectivity index (χ3n) is 0.689. The summed E-state index contributed by atoms with van der Waals surface area (Å²) in [6, 6.07) is 1.63. The maximum Gasteiger partial charge on any atom is 0.293 e. The van der Waals surface area contributed by atoms with E-state index in [0.29, 0.717) is 0 Å². The summed E-state index contributed by atoms with van der Waals surface area (Å²) in [6.07, 6.45) is -5.76. The molecule has 0 heterocycles. The van der Waals surface area contributed by atoms with E-state index >= 15 is 0 Å². The van der Waals surface area contributed by atoms with Crippen LogP contribution in [0.4, 0.5) is 13.2 Å². The van der Waals surface area contributed by atoms with Crippen LogP contribution in [0.1, 0.15) is 6.42 Å².